The van der Waals surface area contributed by atoms with Crippen LogP contribution in [0, 0.1) is 5.92 Å². The van der Waals surface area contributed by atoms with Crippen LogP contribution in [-0.2, 0) is 11.2 Å². The fraction of sp³-hybridized carbons (Fsp3) is 0.467. The minimum absolute atomic E-state index is 0.0789. The highest BCUT2D eigenvalue weighted by molar-refractivity contribution is 5.93. The molecule has 108 valence electrons. The summed E-state index contributed by atoms with van der Waals surface area (Å²) in [6.45, 7) is 6.00. The molecule has 5 heteroatoms. The number of hydrogen-bond acceptors (Lipinski definition) is 4. The van der Waals surface area contributed by atoms with E-state index in [1.165, 1.54) is 0 Å². The second kappa shape index (κ2) is 6.05. The number of amides is 1. The van der Waals surface area contributed by atoms with Gasteiger partial charge < -0.3 is 15.5 Å². The third kappa shape index (κ3) is 3.36. The smallest absolute Gasteiger partial charge is 0.225 e. The number of hydrogen-bond donors (Lipinski definition) is 2. The fourth-order valence-electron chi connectivity index (χ4n) is 1.87. The van der Waals surface area contributed by atoms with Gasteiger partial charge in [0, 0.05) is 24.6 Å². The Morgan fingerprint density at radius 1 is 1.45 bits per heavy atom. The molecule has 0 aliphatic carbocycles. The van der Waals surface area contributed by atoms with Crippen LogP contribution < -0.4 is 11.1 Å². The first-order chi connectivity index (χ1) is 9.49. The van der Waals surface area contributed by atoms with Crippen LogP contribution in [0.1, 0.15) is 33.1 Å². The van der Waals surface area contributed by atoms with Crippen LogP contribution in [-0.4, -0.2) is 16.9 Å². The molecule has 0 aliphatic rings. The van der Waals surface area contributed by atoms with E-state index in [0.717, 1.165) is 23.2 Å². The van der Waals surface area contributed by atoms with Crippen molar-refractivity contribution in [1.82, 2.24) is 4.98 Å². The number of oxazole rings is 1. The first-order valence-corrected chi connectivity index (χ1v) is 6.94. The van der Waals surface area contributed by atoms with E-state index in [0.29, 0.717) is 12.3 Å². The minimum atomic E-state index is -0.127. The van der Waals surface area contributed by atoms with Crippen LogP contribution in [0.2, 0.25) is 0 Å². The fourth-order valence-corrected chi connectivity index (χ4v) is 1.87. The molecule has 0 fully saturated rings. The van der Waals surface area contributed by atoms with Gasteiger partial charge >= 0.3 is 0 Å². The van der Waals surface area contributed by atoms with E-state index in [9.17, 15) is 4.79 Å². The van der Waals surface area contributed by atoms with Crippen molar-refractivity contribution in [3.05, 3.63) is 24.1 Å². The number of carbonyl (C=O) groups excluding carboxylic acids is 1. The standard InChI is InChI=1S/C15H21N3O2/c1-4-15-18-12-7-10(5-6-13(12)20-15)17-14(19)8-11(16)9(2)3/h5-7,9,11H,4,8,16H2,1-3H3,(H,17,19). The summed E-state index contributed by atoms with van der Waals surface area (Å²) in [4.78, 5) is 16.2. The van der Waals surface area contributed by atoms with Crippen molar-refractivity contribution in [2.45, 2.75) is 39.7 Å². The third-order valence-corrected chi connectivity index (χ3v) is 3.30. The summed E-state index contributed by atoms with van der Waals surface area (Å²) in [6, 6.07) is 5.32. The molecule has 1 amide bonds. The number of benzene rings is 1. The maximum Gasteiger partial charge on any atom is 0.225 e. The van der Waals surface area contributed by atoms with E-state index < -0.39 is 0 Å². The zero-order chi connectivity index (χ0) is 14.7. The lowest BCUT2D eigenvalue weighted by Crippen LogP contribution is -2.31. The summed E-state index contributed by atoms with van der Waals surface area (Å²) >= 11 is 0. The molecule has 0 radical (unpaired) electrons. The van der Waals surface area contributed by atoms with Gasteiger partial charge in [0.25, 0.3) is 0 Å². The van der Waals surface area contributed by atoms with Gasteiger partial charge in [0.1, 0.15) is 5.52 Å². The molecule has 0 spiro atoms. The third-order valence-electron chi connectivity index (χ3n) is 3.30. The highest BCUT2D eigenvalue weighted by Gasteiger charge is 2.13. The van der Waals surface area contributed by atoms with Gasteiger partial charge in [0.05, 0.1) is 0 Å². The highest BCUT2D eigenvalue weighted by Crippen LogP contribution is 2.20. The van der Waals surface area contributed by atoms with Gasteiger partial charge in [-0.05, 0) is 24.1 Å². The summed E-state index contributed by atoms with van der Waals surface area (Å²) in [6.07, 6.45) is 1.06. The largest absolute Gasteiger partial charge is 0.441 e. The van der Waals surface area contributed by atoms with Crippen molar-refractivity contribution in [1.29, 1.82) is 0 Å². The Kier molecular flexibility index (Phi) is 4.39. The topological polar surface area (TPSA) is 81.2 Å². The SMILES string of the molecule is CCc1nc2cc(NC(=O)CC(N)C(C)C)ccc2o1. The first-order valence-electron chi connectivity index (χ1n) is 6.94. The predicted molar refractivity (Wildman–Crippen MR) is 79.4 cm³/mol. The maximum atomic E-state index is 11.9. The Balaban J connectivity index is 2.07. The van der Waals surface area contributed by atoms with Gasteiger partial charge in [-0.2, -0.15) is 0 Å². The molecule has 0 saturated carbocycles. The van der Waals surface area contributed by atoms with Crippen LogP contribution in [0.4, 0.5) is 5.69 Å². The van der Waals surface area contributed by atoms with Gasteiger partial charge in [-0.25, -0.2) is 4.98 Å². The predicted octanol–water partition coefficient (Wildman–Crippen LogP) is 2.70. The van der Waals surface area contributed by atoms with E-state index in [4.69, 9.17) is 10.2 Å². The van der Waals surface area contributed by atoms with Gasteiger partial charge in [-0.1, -0.05) is 20.8 Å². The average Bonchev–Trinajstić information content (AvgIpc) is 2.80. The van der Waals surface area contributed by atoms with E-state index in [1.54, 1.807) is 0 Å². The summed E-state index contributed by atoms with van der Waals surface area (Å²) in [5.74, 6) is 0.904. The van der Waals surface area contributed by atoms with Crippen LogP contribution in [0.3, 0.4) is 0 Å². The average molecular weight is 275 g/mol. The normalized spacial score (nSPS) is 12.8. The summed E-state index contributed by atoms with van der Waals surface area (Å²) in [5.41, 5.74) is 8.10. The molecule has 20 heavy (non-hydrogen) atoms. The number of carbonyl (C=O) groups is 1. The van der Waals surface area contributed by atoms with Gasteiger partial charge in [-0.3, -0.25) is 4.79 Å². The van der Waals surface area contributed by atoms with E-state index in [1.807, 2.05) is 39.0 Å². The summed E-state index contributed by atoms with van der Waals surface area (Å²) in [5, 5.41) is 2.85. The number of nitrogens with zero attached hydrogens (tertiary/aromatic N) is 1. The lowest BCUT2D eigenvalue weighted by Gasteiger charge is -2.14. The quantitative estimate of drug-likeness (QED) is 0.879. The minimum Gasteiger partial charge on any atom is -0.441 e. The number of anilines is 1. The molecule has 1 aromatic heterocycles. The molecule has 1 heterocycles. The number of nitrogens with two attached hydrogens (primary N) is 1. The zero-order valence-electron chi connectivity index (χ0n) is 12.1. The van der Waals surface area contributed by atoms with E-state index in [-0.39, 0.29) is 17.9 Å². The second-order valence-electron chi connectivity index (χ2n) is 5.30. The van der Waals surface area contributed by atoms with Crippen molar-refractivity contribution in [3.63, 3.8) is 0 Å². The summed E-state index contributed by atoms with van der Waals surface area (Å²) < 4.78 is 5.53. The van der Waals surface area contributed by atoms with Gasteiger partial charge in [-0.15, -0.1) is 0 Å². The number of rotatable bonds is 5. The lowest BCUT2D eigenvalue weighted by atomic mass is 10.0. The first kappa shape index (κ1) is 14.5. The number of nitrogens with one attached hydrogen (secondary N) is 1. The molecule has 1 unspecified atom stereocenters. The molecule has 1 atom stereocenters. The van der Waals surface area contributed by atoms with Crippen LogP contribution in [0.15, 0.2) is 22.6 Å². The highest BCUT2D eigenvalue weighted by atomic mass is 16.3. The van der Waals surface area contributed by atoms with Crippen LogP contribution in [0.5, 0.6) is 0 Å². The Bertz CT molecular complexity index is 604. The van der Waals surface area contributed by atoms with Crippen molar-refractivity contribution in [2.75, 3.05) is 5.32 Å². The van der Waals surface area contributed by atoms with Crippen molar-refractivity contribution < 1.29 is 9.21 Å². The molecule has 2 rings (SSSR count). The molecular weight excluding hydrogens is 254 g/mol. The summed E-state index contributed by atoms with van der Waals surface area (Å²) in [7, 11) is 0. The Labute approximate surface area is 118 Å². The number of aromatic nitrogens is 1. The van der Waals surface area contributed by atoms with Crippen molar-refractivity contribution in [3.8, 4) is 0 Å². The monoisotopic (exact) mass is 275 g/mol. The zero-order valence-corrected chi connectivity index (χ0v) is 12.1. The van der Waals surface area contributed by atoms with E-state index >= 15 is 0 Å². The van der Waals surface area contributed by atoms with Crippen molar-refractivity contribution in [2.24, 2.45) is 11.7 Å². The van der Waals surface area contributed by atoms with Crippen LogP contribution in [0.25, 0.3) is 11.1 Å². The molecule has 0 saturated heterocycles. The lowest BCUT2D eigenvalue weighted by molar-refractivity contribution is -0.116. The molecular formula is C15H21N3O2. The maximum absolute atomic E-state index is 11.9. The molecule has 1 aromatic carbocycles. The molecule has 5 nitrogen and oxygen atoms in total. The Morgan fingerprint density at radius 2 is 2.20 bits per heavy atom. The van der Waals surface area contributed by atoms with E-state index in [2.05, 4.69) is 10.3 Å². The Hall–Kier alpha value is -1.88. The number of fused-ring (bicyclic) bond motifs is 1. The Morgan fingerprint density at radius 3 is 2.85 bits per heavy atom. The molecule has 0 aliphatic heterocycles. The second-order valence-corrected chi connectivity index (χ2v) is 5.30. The molecule has 3 N–H and O–H groups in total. The number of aryl methyl sites for hydroxylation is 1. The van der Waals surface area contributed by atoms with Gasteiger partial charge in [0.15, 0.2) is 11.5 Å². The van der Waals surface area contributed by atoms with Crippen LogP contribution >= 0.6 is 0 Å². The molecule has 0 bridgehead atoms. The molecule has 2 aromatic rings. The van der Waals surface area contributed by atoms with Crippen molar-refractivity contribution >= 4 is 22.7 Å². The van der Waals surface area contributed by atoms with Gasteiger partial charge in [0.2, 0.25) is 5.91 Å².